The Kier molecular flexibility index (Phi) is 8.12. The van der Waals surface area contributed by atoms with Crippen LogP contribution in [-0.2, 0) is 0 Å². The maximum atomic E-state index is 13.1. The molecule has 198 valence electrons. The summed E-state index contributed by atoms with van der Waals surface area (Å²) >= 11 is 5.96. The van der Waals surface area contributed by atoms with Crippen LogP contribution in [0, 0.1) is 0 Å². The number of nitrogens with zero attached hydrogens (tertiary/aromatic N) is 2. The normalized spacial score (nSPS) is 10.5. The summed E-state index contributed by atoms with van der Waals surface area (Å²) in [5.74, 6) is -1.83. The third-order valence-corrected chi connectivity index (χ3v) is 6.24. The number of carbonyl (C=O) groups excluding carboxylic acids is 2. The number of halogens is 1. The molecule has 0 radical (unpaired) electrons. The number of benzene rings is 3. The standard InChI is InChI=1S/C29H24ClN3O6/c1-33(19-10-8-18(30)9-11-19)20-12-14-24(31-16-20)26(34)17-7-13-23(22(15-17)29(36)37)32-28(35)21-5-4-6-25(38-2)27(21)39-3/h4-16H,1-3H3,(H,32,35)(H,36,37). The number of rotatable bonds is 9. The molecule has 0 bridgehead atoms. The average molecular weight is 546 g/mol. The van der Waals surface area contributed by atoms with Crippen molar-refractivity contribution in [3.63, 3.8) is 0 Å². The van der Waals surface area contributed by atoms with Crippen LogP contribution >= 0.6 is 11.6 Å². The van der Waals surface area contributed by atoms with Crippen LogP contribution in [0.4, 0.5) is 17.1 Å². The van der Waals surface area contributed by atoms with Gasteiger partial charge in [0.05, 0.1) is 42.9 Å². The van der Waals surface area contributed by atoms with E-state index in [0.717, 1.165) is 11.4 Å². The molecular weight excluding hydrogens is 522 g/mol. The lowest BCUT2D eigenvalue weighted by atomic mass is 10.0. The highest BCUT2D eigenvalue weighted by Gasteiger charge is 2.21. The zero-order chi connectivity index (χ0) is 28.1. The minimum Gasteiger partial charge on any atom is -0.493 e. The minimum atomic E-state index is -1.31. The van der Waals surface area contributed by atoms with Crippen LogP contribution in [-0.4, -0.2) is 49.0 Å². The number of aromatic nitrogens is 1. The van der Waals surface area contributed by atoms with Gasteiger partial charge < -0.3 is 24.8 Å². The number of amides is 1. The van der Waals surface area contributed by atoms with Gasteiger partial charge in [-0.15, -0.1) is 0 Å². The summed E-state index contributed by atoms with van der Waals surface area (Å²) in [5, 5.41) is 13.0. The van der Waals surface area contributed by atoms with Gasteiger partial charge in [0.1, 0.15) is 5.69 Å². The molecular formula is C29H24ClN3O6. The lowest BCUT2D eigenvalue weighted by Crippen LogP contribution is -2.17. The van der Waals surface area contributed by atoms with Crippen molar-refractivity contribution in [1.82, 2.24) is 4.98 Å². The summed E-state index contributed by atoms with van der Waals surface area (Å²) in [6, 6.07) is 19.4. The molecule has 1 aromatic heterocycles. The van der Waals surface area contributed by atoms with Gasteiger partial charge in [0.15, 0.2) is 11.5 Å². The van der Waals surface area contributed by atoms with Crippen molar-refractivity contribution < 1.29 is 29.0 Å². The molecule has 0 fully saturated rings. The number of pyridine rings is 1. The Morgan fingerprint density at radius 3 is 2.23 bits per heavy atom. The van der Waals surface area contributed by atoms with Crippen molar-refractivity contribution >= 4 is 46.3 Å². The molecule has 2 N–H and O–H groups in total. The van der Waals surface area contributed by atoms with E-state index in [1.165, 1.54) is 38.5 Å². The number of ketones is 1. The number of carboxylic acids is 1. The van der Waals surface area contributed by atoms with Gasteiger partial charge in [-0.3, -0.25) is 14.6 Å². The van der Waals surface area contributed by atoms with E-state index in [1.807, 2.05) is 24.1 Å². The van der Waals surface area contributed by atoms with Crippen LogP contribution in [0.1, 0.15) is 36.8 Å². The van der Waals surface area contributed by atoms with Crippen LogP contribution in [0.15, 0.2) is 79.0 Å². The highest BCUT2D eigenvalue weighted by molar-refractivity contribution is 6.30. The Hall–Kier alpha value is -4.89. The molecule has 0 aliphatic carbocycles. The van der Waals surface area contributed by atoms with E-state index in [0.29, 0.717) is 10.8 Å². The number of ether oxygens (including phenoxy) is 2. The van der Waals surface area contributed by atoms with Crippen LogP contribution in [0.2, 0.25) is 5.02 Å². The van der Waals surface area contributed by atoms with E-state index in [9.17, 15) is 19.5 Å². The van der Waals surface area contributed by atoms with Crippen molar-refractivity contribution in [2.75, 3.05) is 31.5 Å². The molecule has 4 rings (SSSR count). The molecule has 0 saturated heterocycles. The minimum absolute atomic E-state index is 0.0156. The van der Waals surface area contributed by atoms with Crippen molar-refractivity contribution in [2.45, 2.75) is 0 Å². The maximum Gasteiger partial charge on any atom is 0.337 e. The molecule has 4 aromatic rings. The van der Waals surface area contributed by atoms with Crippen LogP contribution in [0.3, 0.4) is 0 Å². The highest BCUT2D eigenvalue weighted by atomic mass is 35.5. The zero-order valence-electron chi connectivity index (χ0n) is 21.3. The zero-order valence-corrected chi connectivity index (χ0v) is 22.0. The Balaban J connectivity index is 1.57. The van der Waals surface area contributed by atoms with Crippen molar-refractivity contribution in [3.8, 4) is 11.5 Å². The number of methoxy groups -OCH3 is 2. The Bertz CT molecular complexity index is 1540. The second-order valence-electron chi connectivity index (χ2n) is 8.33. The molecule has 39 heavy (non-hydrogen) atoms. The molecule has 1 heterocycles. The summed E-state index contributed by atoms with van der Waals surface area (Å²) in [6.45, 7) is 0. The van der Waals surface area contributed by atoms with Crippen LogP contribution in [0.5, 0.6) is 11.5 Å². The molecule has 1 amide bonds. The van der Waals surface area contributed by atoms with E-state index in [4.69, 9.17) is 21.1 Å². The lowest BCUT2D eigenvalue weighted by Gasteiger charge is -2.19. The summed E-state index contributed by atoms with van der Waals surface area (Å²) in [5.41, 5.74) is 1.79. The second kappa shape index (κ2) is 11.7. The first-order valence-corrected chi connectivity index (χ1v) is 12.0. The van der Waals surface area contributed by atoms with Gasteiger partial charge in [-0.2, -0.15) is 0 Å². The fourth-order valence-electron chi connectivity index (χ4n) is 3.91. The maximum absolute atomic E-state index is 13.1. The van der Waals surface area contributed by atoms with Gasteiger partial charge in [-0.05, 0) is 66.7 Å². The fourth-order valence-corrected chi connectivity index (χ4v) is 4.03. The lowest BCUT2D eigenvalue weighted by molar-refractivity contribution is 0.0698. The summed E-state index contributed by atoms with van der Waals surface area (Å²) in [7, 11) is 4.70. The van der Waals surface area contributed by atoms with Crippen molar-refractivity contribution in [2.24, 2.45) is 0 Å². The number of anilines is 3. The topological polar surface area (TPSA) is 118 Å². The molecule has 9 nitrogen and oxygen atoms in total. The number of para-hydroxylation sites is 1. The van der Waals surface area contributed by atoms with Crippen molar-refractivity contribution in [3.05, 3.63) is 106 Å². The first-order valence-electron chi connectivity index (χ1n) is 11.6. The molecule has 0 saturated carbocycles. The molecule has 0 spiro atoms. The smallest absolute Gasteiger partial charge is 0.337 e. The Labute approximate surface area is 229 Å². The third-order valence-electron chi connectivity index (χ3n) is 5.99. The van der Waals surface area contributed by atoms with Crippen LogP contribution < -0.4 is 19.7 Å². The SMILES string of the molecule is COc1cccc(C(=O)Nc2ccc(C(=O)c3ccc(N(C)c4ccc(Cl)cc4)cn3)cc2C(=O)O)c1OC. The monoisotopic (exact) mass is 545 g/mol. The molecule has 0 unspecified atom stereocenters. The van der Waals surface area contributed by atoms with Gasteiger partial charge in [0.2, 0.25) is 5.78 Å². The number of nitrogens with one attached hydrogen (secondary N) is 1. The predicted molar refractivity (Wildman–Crippen MR) is 148 cm³/mol. The van der Waals surface area contributed by atoms with Gasteiger partial charge in [-0.25, -0.2) is 4.79 Å². The molecule has 3 aromatic carbocycles. The first-order chi connectivity index (χ1) is 18.7. The largest absolute Gasteiger partial charge is 0.493 e. The van der Waals surface area contributed by atoms with Gasteiger partial charge in [0.25, 0.3) is 5.91 Å². The van der Waals surface area contributed by atoms with Gasteiger partial charge >= 0.3 is 5.97 Å². The van der Waals surface area contributed by atoms with Crippen LogP contribution in [0.25, 0.3) is 0 Å². The highest BCUT2D eigenvalue weighted by Crippen LogP contribution is 2.32. The fraction of sp³-hybridized carbons (Fsp3) is 0.103. The van der Waals surface area contributed by atoms with E-state index in [2.05, 4.69) is 10.3 Å². The van der Waals surface area contributed by atoms with E-state index < -0.39 is 17.7 Å². The summed E-state index contributed by atoms with van der Waals surface area (Å²) in [4.78, 5) is 44.2. The number of hydrogen-bond acceptors (Lipinski definition) is 7. The quantitative estimate of drug-likeness (QED) is 0.257. The number of hydrogen-bond donors (Lipinski definition) is 2. The van der Waals surface area contributed by atoms with E-state index in [-0.39, 0.29) is 33.8 Å². The number of carbonyl (C=O) groups is 3. The van der Waals surface area contributed by atoms with Gasteiger partial charge in [0, 0.05) is 23.3 Å². The summed E-state index contributed by atoms with van der Waals surface area (Å²) in [6.07, 6.45) is 1.55. The second-order valence-corrected chi connectivity index (χ2v) is 8.76. The average Bonchev–Trinajstić information content (AvgIpc) is 2.96. The summed E-state index contributed by atoms with van der Waals surface area (Å²) < 4.78 is 10.5. The number of carboxylic acid groups (broad SMARTS) is 1. The molecule has 0 atom stereocenters. The third kappa shape index (κ3) is 5.83. The molecule has 0 aliphatic heterocycles. The van der Waals surface area contributed by atoms with E-state index >= 15 is 0 Å². The van der Waals surface area contributed by atoms with Crippen molar-refractivity contribution in [1.29, 1.82) is 0 Å². The Morgan fingerprint density at radius 1 is 0.897 bits per heavy atom. The van der Waals surface area contributed by atoms with Gasteiger partial charge in [-0.1, -0.05) is 17.7 Å². The predicted octanol–water partition coefficient (Wildman–Crippen LogP) is 5.70. The number of aromatic carboxylic acids is 1. The molecule has 0 aliphatic rings. The molecule has 10 heteroatoms. The van der Waals surface area contributed by atoms with E-state index in [1.54, 1.807) is 42.6 Å². The first kappa shape index (κ1) is 27.2. The Morgan fingerprint density at radius 2 is 1.62 bits per heavy atom.